The highest BCUT2D eigenvalue weighted by molar-refractivity contribution is 5.82. The van der Waals surface area contributed by atoms with Crippen molar-refractivity contribution in [2.75, 3.05) is 5.32 Å². The molecule has 0 amide bonds. The second-order valence-electron chi connectivity index (χ2n) is 10.8. The standard InChI is InChI=1S/C35H34N2O/c1-23-7-16-34-33(20-23)31-5-4-6-32(31)35(37-34)28-10-12-29(13-11-28)36-21-26-8-14-30(15-9-26)38-22-27-18-24(2)17-25(3)19-27/h4-5,7-21,31-32,35,37H,6,22H2,1-3H3/t31-,32-,35+/m1/s1. The Morgan fingerprint density at radius 1 is 0.842 bits per heavy atom. The molecule has 4 aromatic rings. The molecule has 1 heterocycles. The summed E-state index contributed by atoms with van der Waals surface area (Å²) < 4.78 is 5.99. The number of benzene rings is 4. The summed E-state index contributed by atoms with van der Waals surface area (Å²) in [7, 11) is 0. The summed E-state index contributed by atoms with van der Waals surface area (Å²) >= 11 is 0. The van der Waals surface area contributed by atoms with Crippen molar-refractivity contribution in [1.82, 2.24) is 0 Å². The lowest BCUT2D eigenvalue weighted by Gasteiger charge is -2.37. The van der Waals surface area contributed by atoms with Gasteiger partial charge in [-0.25, -0.2) is 0 Å². The maximum absolute atomic E-state index is 5.99. The van der Waals surface area contributed by atoms with E-state index in [1.807, 2.05) is 30.5 Å². The number of aliphatic imine (C=N–C) groups is 1. The molecule has 0 spiro atoms. The van der Waals surface area contributed by atoms with Crippen molar-refractivity contribution in [2.45, 2.75) is 45.8 Å². The maximum atomic E-state index is 5.99. The molecule has 1 aliphatic carbocycles. The van der Waals surface area contributed by atoms with Gasteiger partial charge < -0.3 is 10.1 Å². The molecule has 190 valence electrons. The molecule has 0 fully saturated rings. The smallest absolute Gasteiger partial charge is 0.119 e. The van der Waals surface area contributed by atoms with E-state index in [1.165, 1.54) is 39.1 Å². The van der Waals surface area contributed by atoms with E-state index in [1.54, 1.807) is 0 Å². The molecule has 1 N–H and O–H groups in total. The van der Waals surface area contributed by atoms with E-state index >= 15 is 0 Å². The molecular weight excluding hydrogens is 464 g/mol. The second kappa shape index (κ2) is 10.3. The van der Waals surface area contributed by atoms with Crippen molar-refractivity contribution in [2.24, 2.45) is 10.9 Å². The predicted octanol–water partition coefficient (Wildman–Crippen LogP) is 8.77. The van der Waals surface area contributed by atoms with E-state index in [4.69, 9.17) is 9.73 Å². The molecule has 3 atom stereocenters. The van der Waals surface area contributed by atoms with Gasteiger partial charge in [-0.3, -0.25) is 4.99 Å². The van der Waals surface area contributed by atoms with Crippen LogP contribution in [0.5, 0.6) is 5.75 Å². The zero-order valence-corrected chi connectivity index (χ0v) is 22.3. The first-order chi connectivity index (χ1) is 18.5. The molecule has 0 bridgehead atoms. The summed E-state index contributed by atoms with van der Waals surface area (Å²) in [5, 5.41) is 3.83. The van der Waals surface area contributed by atoms with E-state index in [-0.39, 0.29) is 0 Å². The highest BCUT2D eigenvalue weighted by Gasteiger charge is 2.37. The summed E-state index contributed by atoms with van der Waals surface area (Å²) in [5.74, 6) is 1.90. The van der Waals surface area contributed by atoms with Crippen LogP contribution < -0.4 is 10.1 Å². The molecular formula is C35H34N2O. The maximum Gasteiger partial charge on any atom is 0.119 e. The molecule has 0 aromatic heterocycles. The summed E-state index contributed by atoms with van der Waals surface area (Å²) in [5.41, 5.74) is 11.1. The predicted molar refractivity (Wildman–Crippen MR) is 158 cm³/mol. The van der Waals surface area contributed by atoms with E-state index < -0.39 is 0 Å². The van der Waals surface area contributed by atoms with Crippen molar-refractivity contribution in [3.8, 4) is 5.75 Å². The van der Waals surface area contributed by atoms with Crippen molar-refractivity contribution >= 4 is 17.6 Å². The van der Waals surface area contributed by atoms with E-state index in [9.17, 15) is 0 Å². The molecule has 0 radical (unpaired) electrons. The van der Waals surface area contributed by atoms with E-state index in [2.05, 4.69) is 98.9 Å². The van der Waals surface area contributed by atoms with E-state index in [0.29, 0.717) is 24.5 Å². The van der Waals surface area contributed by atoms with Crippen LogP contribution in [-0.2, 0) is 6.61 Å². The highest BCUT2D eigenvalue weighted by atomic mass is 16.5. The van der Waals surface area contributed by atoms with Gasteiger partial charge in [-0.1, -0.05) is 71.3 Å². The van der Waals surface area contributed by atoms with E-state index in [0.717, 1.165) is 23.4 Å². The minimum Gasteiger partial charge on any atom is -0.489 e. The largest absolute Gasteiger partial charge is 0.489 e. The third-order valence-electron chi connectivity index (χ3n) is 7.70. The molecule has 3 heteroatoms. The molecule has 2 aliphatic rings. The van der Waals surface area contributed by atoms with Gasteiger partial charge in [-0.05, 0) is 97.8 Å². The van der Waals surface area contributed by atoms with Crippen LogP contribution in [-0.4, -0.2) is 6.21 Å². The normalized spacial score (nSPS) is 19.7. The van der Waals surface area contributed by atoms with Crippen LogP contribution >= 0.6 is 0 Å². The van der Waals surface area contributed by atoms with Crippen LogP contribution in [0.15, 0.2) is 102 Å². The first-order valence-electron chi connectivity index (χ1n) is 13.5. The van der Waals surface area contributed by atoms with Crippen LogP contribution in [0.3, 0.4) is 0 Å². The number of hydrogen-bond donors (Lipinski definition) is 1. The topological polar surface area (TPSA) is 33.6 Å². The number of hydrogen-bond acceptors (Lipinski definition) is 3. The lowest BCUT2D eigenvalue weighted by atomic mass is 9.76. The van der Waals surface area contributed by atoms with Crippen molar-refractivity contribution in [3.63, 3.8) is 0 Å². The molecule has 0 saturated carbocycles. The summed E-state index contributed by atoms with van der Waals surface area (Å²) in [6.07, 6.45) is 7.77. The number of aryl methyl sites for hydroxylation is 3. The van der Waals surface area contributed by atoms with Gasteiger partial charge in [0.25, 0.3) is 0 Å². The number of fused-ring (bicyclic) bond motifs is 3. The first-order valence-corrected chi connectivity index (χ1v) is 13.5. The number of allylic oxidation sites excluding steroid dienone is 2. The Labute approximate surface area is 225 Å². The quantitative estimate of drug-likeness (QED) is 0.213. The third-order valence-corrected chi connectivity index (χ3v) is 7.70. The fourth-order valence-corrected chi connectivity index (χ4v) is 5.93. The van der Waals surface area contributed by atoms with Crippen molar-refractivity contribution < 1.29 is 4.74 Å². The monoisotopic (exact) mass is 498 g/mol. The summed E-state index contributed by atoms with van der Waals surface area (Å²) in [6.45, 7) is 6.98. The Kier molecular flexibility index (Phi) is 6.59. The van der Waals surface area contributed by atoms with Gasteiger partial charge in [0.2, 0.25) is 0 Å². The second-order valence-corrected chi connectivity index (χ2v) is 10.8. The number of rotatable bonds is 6. The van der Waals surface area contributed by atoms with Gasteiger partial charge in [0.05, 0.1) is 11.7 Å². The molecule has 6 rings (SSSR count). The highest BCUT2D eigenvalue weighted by Crippen LogP contribution is 2.50. The Morgan fingerprint density at radius 3 is 2.37 bits per heavy atom. The van der Waals surface area contributed by atoms with Crippen LogP contribution in [0.1, 0.15) is 57.3 Å². The zero-order chi connectivity index (χ0) is 26.1. The fourth-order valence-electron chi connectivity index (χ4n) is 5.93. The lowest BCUT2D eigenvalue weighted by Crippen LogP contribution is -2.29. The van der Waals surface area contributed by atoms with Crippen LogP contribution in [0, 0.1) is 26.7 Å². The van der Waals surface area contributed by atoms with Crippen molar-refractivity contribution in [1.29, 1.82) is 0 Å². The minimum absolute atomic E-state index is 0.305. The Hall–Kier alpha value is -4.11. The Balaban J connectivity index is 1.10. The molecule has 1 aliphatic heterocycles. The van der Waals surface area contributed by atoms with Gasteiger partial charge in [-0.2, -0.15) is 0 Å². The SMILES string of the molecule is Cc1cc(C)cc(COc2ccc(C=Nc3ccc([C@@H]4Nc5ccc(C)cc5[C@@H]5C=CC[C@H]54)cc3)cc2)c1. The van der Waals surface area contributed by atoms with Gasteiger partial charge in [0.15, 0.2) is 0 Å². The first kappa shape index (κ1) is 24.2. The number of ether oxygens (including phenoxy) is 1. The summed E-state index contributed by atoms with van der Waals surface area (Å²) in [4.78, 5) is 4.72. The van der Waals surface area contributed by atoms with Crippen LogP contribution in [0.25, 0.3) is 0 Å². The third kappa shape index (κ3) is 5.15. The Bertz CT molecular complexity index is 1480. The molecule has 0 unspecified atom stereocenters. The zero-order valence-electron chi connectivity index (χ0n) is 22.3. The van der Waals surface area contributed by atoms with Gasteiger partial charge >= 0.3 is 0 Å². The lowest BCUT2D eigenvalue weighted by molar-refractivity contribution is 0.306. The average Bonchev–Trinajstić information content (AvgIpc) is 3.41. The van der Waals surface area contributed by atoms with Gasteiger partial charge in [0.1, 0.15) is 12.4 Å². The molecule has 0 saturated heterocycles. The molecule has 38 heavy (non-hydrogen) atoms. The number of nitrogens with zero attached hydrogens (tertiary/aromatic N) is 1. The number of nitrogens with one attached hydrogen (secondary N) is 1. The summed E-state index contributed by atoms with van der Waals surface area (Å²) in [6, 6.07) is 30.4. The molecule has 3 nitrogen and oxygen atoms in total. The van der Waals surface area contributed by atoms with Crippen molar-refractivity contribution in [3.05, 3.63) is 136 Å². The molecule has 4 aromatic carbocycles. The van der Waals surface area contributed by atoms with Crippen LogP contribution in [0.4, 0.5) is 11.4 Å². The number of anilines is 1. The average molecular weight is 499 g/mol. The van der Waals surface area contributed by atoms with Gasteiger partial charge in [-0.15, -0.1) is 0 Å². The van der Waals surface area contributed by atoms with Crippen LogP contribution in [0.2, 0.25) is 0 Å². The minimum atomic E-state index is 0.305. The Morgan fingerprint density at radius 2 is 1.61 bits per heavy atom. The van der Waals surface area contributed by atoms with Gasteiger partial charge in [0, 0.05) is 17.8 Å². The fraction of sp³-hybridized carbons (Fsp3) is 0.229.